The maximum absolute atomic E-state index is 9.61. The summed E-state index contributed by atoms with van der Waals surface area (Å²) in [6.07, 6.45) is 1.66. The maximum Gasteiger partial charge on any atom is 0.164 e. The highest BCUT2D eigenvalue weighted by atomic mass is 16.5. The zero-order valence-electron chi connectivity index (χ0n) is 15.5. The zero-order valence-corrected chi connectivity index (χ0v) is 15.5. The molecule has 0 saturated carbocycles. The Morgan fingerprint density at radius 2 is 1.81 bits per heavy atom. The van der Waals surface area contributed by atoms with Gasteiger partial charge in [0.25, 0.3) is 0 Å². The van der Waals surface area contributed by atoms with Gasteiger partial charge >= 0.3 is 0 Å². The van der Waals surface area contributed by atoms with Crippen molar-refractivity contribution in [2.45, 2.75) is 18.9 Å². The van der Waals surface area contributed by atoms with E-state index in [1.807, 2.05) is 24.3 Å². The third-order valence-electron chi connectivity index (χ3n) is 4.59. The first kappa shape index (κ1) is 18.3. The lowest BCUT2D eigenvalue weighted by atomic mass is 9.89. The lowest BCUT2D eigenvalue weighted by Crippen LogP contribution is -2.29. The first-order chi connectivity index (χ1) is 12.7. The number of ether oxygens (including phenoxy) is 2. The van der Waals surface area contributed by atoms with Gasteiger partial charge in [0, 0.05) is 41.7 Å². The number of fused-ring (bicyclic) bond motifs is 1. The van der Waals surface area contributed by atoms with Crippen molar-refractivity contribution >= 4 is 10.9 Å². The number of H-pyrrole nitrogens is 1. The average molecular weight is 354 g/mol. The topological polar surface area (TPSA) is 66.5 Å². The number of aliphatic hydroxyl groups excluding tert-OH is 1. The van der Waals surface area contributed by atoms with E-state index < -0.39 is 6.10 Å². The van der Waals surface area contributed by atoms with Crippen LogP contribution in [0.15, 0.2) is 48.7 Å². The highest BCUT2D eigenvalue weighted by Gasteiger charge is 2.23. The second-order valence-corrected chi connectivity index (χ2v) is 6.43. The fourth-order valence-corrected chi connectivity index (χ4v) is 3.39. The first-order valence-electron chi connectivity index (χ1n) is 8.81. The summed E-state index contributed by atoms with van der Waals surface area (Å²) in [5, 5.41) is 14.2. The fourth-order valence-electron chi connectivity index (χ4n) is 3.39. The Morgan fingerprint density at radius 3 is 2.54 bits per heavy atom. The Morgan fingerprint density at radius 1 is 1.00 bits per heavy atom. The molecule has 3 N–H and O–H groups in total. The molecule has 5 nitrogen and oxygen atoms in total. The highest BCUT2D eigenvalue weighted by Crippen LogP contribution is 2.40. The number of methoxy groups -OCH3 is 2. The number of rotatable bonds is 8. The van der Waals surface area contributed by atoms with Gasteiger partial charge in [0.2, 0.25) is 0 Å². The molecule has 0 fully saturated rings. The van der Waals surface area contributed by atoms with Crippen molar-refractivity contribution in [2.24, 2.45) is 0 Å². The molecule has 0 radical (unpaired) electrons. The minimum atomic E-state index is -0.397. The summed E-state index contributed by atoms with van der Waals surface area (Å²) < 4.78 is 11.2. The molecular weight excluding hydrogens is 328 g/mol. The normalized spacial score (nSPS) is 13.5. The summed E-state index contributed by atoms with van der Waals surface area (Å²) in [5.74, 6) is 1.50. The number of para-hydroxylation sites is 2. The molecule has 1 aromatic heterocycles. The number of aromatic nitrogens is 1. The molecule has 0 spiro atoms. The number of hydrogen-bond donors (Lipinski definition) is 3. The van der Waals surface area contributed by atoms with Crippen molar-refractivity contribution in [3.8, 4) is 11.5 Å². The van der Waals surface area contributed by atoms with E-state index in [9.17, 15) is 5.11 Å². The number of aliphatic hydroxyl groups is 1. The predicted octanol–water partition coefficient (Wildman–Crippen LogP) is 3.29. The maximum atomic E-state index is 9.61. The van der Waals surface area contributed by atoms with Crippen molar-refractivity contribution in [2.75, 3.05) is 27.3 Å². The van der Waals surface area contributed by atoms with Crippen LogP contribution in [0.25, 0.3) is 10.9 Å². The summed E-state index contributed by atoms with van der Waals surface area (Å²) >= 11 is 0. The largest absolute Gasteiger partial charge is 0.493 e. The van der Waals surface area contributed by atoms with Gasteiger partial charge < -0.3 is 24.9 Å². The number of aromatic amines is 1. The van der Waals surface area contributed by atoms with Crippen LogP contribution in [0.5, 0.6) is 11.5 Å². The van der Waals surface area contributed by atoms with Crippen LogP contribution in [0.4, 0.5) is 0 Å². The molecule has 3 rings (SSSR count). The SMILES string of the molecule is COc1cccc(C(CNCC(C)O)c2c[nH]c3ccccc23)c1OC. The van der Waals surface area contributed by atoms with Crippen molar-refractivity contribution < 1.29 is 14.6 Å². The second-order valence-electron chi connectivity index (χ2n) is 6.43. The van der Waals surface area contributed by atoms with Gasteiger partial charge in [-0.2, -0.15) is 0 Å². The summed E-state index contributed by atoms with van der Waals surface area (Å²) in [7, 11) is 3.31. The number of benzene rings is 2. The zero-order chi connectivity index (χ0) is 18.5. The average Bonchev–Trinajstić information content (AvgIpc) is 3.08. The second kappa shape index (κ2) is 8.25. The van der Waals surface area contributed by atoms with E-state index in [0.717, 1.165) is 16.8 Å². The molecule has 3 aromatic rings. The summed E-state index contributed by atoms with van der Waals surface area (Å²) in [6, 6.07) is 14.2. The Kier molecular flexibility index (Phi) is 5.81. The Balaban J connectivity index is 2.07. The van der Waals surface area contributed by atoms with Crippen molar-refractivity contribution in [3.05, 3.63) is 59.8 Å². The lowest BCUT2D eigenvalue weighted by Gasteiger charge is -2.22. The first-order valence-corrected chi connectivity index (χ1v) is 8.81. The van der Waals surface area contributed by atoms with Crippen molar-refractivity contribution in [3.63, 3.8) is 0 Å². The van der Waals surface area contributed by atoms with E-state index in [4.69, 9.17) is 9.47 Å². The van der Waals surface area contributed by atoms with Gasteiger partial charge in [0.1, 0.15) is 0 Å². The van der Waals surface area contributed by atoms with Crippen LogP contribution in [0.2, 0.25) is 0 Å². The molecule has 0 aliphatic rings. The van der Waals surface area contributed by atoms with Crippen LogP contribution in [-0.4, -0.2) is 43.5 Å². The van der Waals surface area contributed by atoms with E-state index in [-0.39, 0.29) is 5.92 Å². The number of nitrogens with one attached hydrogen (secondary N) is 2. The van der Waals surface area contributed by atoms with Gasteiger partial charge in [-0.25, -0.2) is 0 Å². The quantitative estimate of drug-likeness (QED) is 0.581. The summed E-state index contributed by atoms with van der Waals surface area (Å²) in [4.78, 5) is 3.35. The van der Waals surface area contributed by atoms with Gasteiger partial charge in [-0.1, -0.05) is 30.3 Å². The smallest absolute Gasteiger partial charge is 0.164 e. The Bertz CT molecular complexity index is 857. The van der Waals surface area contributed by atoms with E-state index in [1.54, 1.807) is 21.1 Å². The van der Waals surface area contributed by atoms with Crippen molar-refractivity contribution in [1.29, 1.82) is 0 Å². The number of hydrogen-bond acceptors (Lipinski definition) is 4. The van der Waals surface area contributed by atoms with Gasteiger partial charge in [-0.05, 0) is 24.6 Å². The van der Waals surface area contributed by atoms with Crippen LogP contribution in [-0.2, 0) is 0 Å². The molecule has 5 heteroatoms. The highest BCUT2D eigenvalue weighted by molar-refractivity contribution is 5.84. The van der Waals surface area contributed by atoms with Gasteiger partial charge in [-0.15, -0.1) is 0 Å². The van der Waals surface area contributed by atoms with Gasteiger partial charge in [-0.3, -0.25) is 0 Å². The third kappa shape index (κ3) is 3.69. The molecule has 0 bridgehead atoms. The van der Waals surface area contributed by atoms with E-state index >= 15 is 0 Å². The minimum absolute atomic E-state index is 0.0509. The van der Waals surface area contributed by atoms with E-state index in [0.29, 0.717) is 18.8 Å². The summed E-state index contributed by atoms with van der Waals surface area (Å²) in [5.41, 5.74) is 3.34. The van der Waals surface area contributed by atoms with Gasteiger partial charge in [0.15, 0.2) is 11.5 Å². The lowest BCUT2D eigenvalue weighted by molar-refractivity contribution is 0.191. The van der Waals surface area contributed by atoms with E-state index in [1.165, 1.54) is 10.9 Å². The standard InChI is InChI=1S/C21H26N2O3/c1-14(24)11-22-12-17(16-8-6-10-20(25-2)21(16)26-3)18-13-23-19-9-5-4-7-15(18)19/h4-10,13-14,17,22-24H,11-12H2,1-3H3. The Labute approximate surface area is 154 Å². The van der Waals surface area contributed by atoms with Crippen LogP contribution in [0, 0.1) is 0 Å². The minimum Gasteiger partial charge on any atom is -0.493 e. The molecule has 138 valence electrons. The monoisotopic (exact) mass is 354 g/mol. The van der Waals surface area contributed by atoms with Crippen molar-refractivity contribution in [1.82, 2.24) is 10.3 Å². The molecule has 0 saturated heterocycles. The summed E-state index contributed by atoms with van der Waals surface area (Å²) in [6.45, 7) is 2.99. The van der Waals surface area contributed by atoms with Crippen LogP contribution >= 0.6 is 0 Å². The molecule has 1 heterocycles. The molecule has 2 aromatic carbocycles. The van der Waals surface area contributed by atoms with Crippen LogP contribution in [0.3, 0.4) is 0 Å². The molecule has 2 unspecified atom stereocenters. The molecule has 0 aliphatic heterocycles. The van der Waals surface area contributed by atoms with Crippen LogP contribution < -0.4 is 14.8 Å². The van der Waals surface area contributed by atoms with Gasteiger partial charge in [0.05, 0.1) is 20.3 Å². The fraction of sp³-hybridized carbons (Fsp3) is 0.333. The molecule has 26 heavy (non-hydrogen) atoms. The molecular formula is C21H26N2O3. The van der Waals surface area contributed by atoms with Crippen LogP contribution in [0.1, 0.15) is 24.0 Å². The predicted molar refractivity (Wildman–Crippen MR) is 104 cm³/mol. The van der Waals surface area contributed by atoms with E-state index in [2.05, 4.69) is 34.7 Å². The molecule has 0 amide bonds. The molecule has 0 aliphatic carbocycles. The third-order valence-corrected chi connectivity index (χ3v) is 4.59. The Hall–Kier alpha value is -2.50. The molecule has 2 atom stereocenters.